The van der Waals surface area contributed by atoms with E-state index in [4.69, 9.17) is 7.85 Å². The highest BCUT2D eigenvalue weighted by Crippen LogP contribution is 2.36. The molecule has 6 heteroatoms. The molecule has 1 saturated carbocycles. The van der Waals surface area contributed by atoms with Gasteiger partial charge in [0, 0.05) is 26.4 Å². The van der Waals surface area contributed by atoms with Crippen LogP contribution >= 0.6 is 0 Å². The molecule has 0 heterocycles. The van der Waals surface area contributed by atoms with Crippen LogP contribution in [0.15, 0.2) is 0 Å². The first-order valence-electron chi connectivity index (χ1n) is 4.48. The third kappa shape index (κ3) is 1.91. The van der Waals surface area contributed by atoms with Crippen molar-refractivity contribution in [2.24, 2.45) is 5.92 Å². The van der Waals surface area contributed by atoms with Crippen molar-refractivity contribution in [3.63, 3.8) is 0 Å². The van der Waals surface area contributed by atoms with Crippen molar-refractivity contribution in [2.45, 2.75) is 24.9 Å². The molecule has 0 bridgehead atoms. The summed E-state index contributed by atoms with van der Waals surface area (Å²) < 4.78 is 14.8. The molecule has 0 aliphatic heterocycles. The van der Waals surface area contributed by atoms with Gasteiger partial charge in [0.1, 0.15) is 0 Å². The summed E-state index contributed by atoms with van der Waals surface area (Å²) in [6.45, 7) is 0. The Hall–Kier alpha value is -1.17. The van der Waals surface area contributed by atoms with Crippen LogP contribution in [0.4, 0.5) is 0 Å². The molecule has 1 aliphatic rings. The van der Waals surface area contributed by atoms with Gasteiger partial charge < -0.3 is 10.8 Å². The molecule has 0 spiro atoms. The zero-order valence-electron chi connectivity index (χ0n) is 8.27. The molecule has 0 radical (unpaired) electrons. The van der Waals surface area contributed by atoms with Crippen molar-refractivity contribution in [3.8, 4) is 0 Å². The van der Waals surface area contributed by atoms with Gasteiger partial charge >= 0.3 is 5.97 Å². The lowest BCUT2D eigenvalue weighted by Gasteiger charge is -1.98. The number of nitro groups is 1. The SMILES string of the molecule is [2H]C([2H])(C([NH3+])C(=O)O)[C@@H]1C[C@H]1[N+](=O)[O-]. The quantitative estimate of drug-likeness (QED) is 0.412. The molecular formula is C6H11N2O4+. The lowest BCUT2D eigenvalue weighted by Crippen LogP contribution is -2.65. The van der Waals surface area contributed by atoms with E-state index in [0.717, 1.165) is 0 Å². The van der Waals surface area contributed by atoms with Crippen molar-refractivity contribution in [2.75, 3.05) is 0 Å². The summed E-state index contributed by atoms with van der Waals surface area (Å²) in [6, 6.07) is -2.41. The highest BCUT2D eigenvalue weighted by Gasteiger charge is 2.49. The second-order valence-electron chi connectivity index (χ2n) is 2.75. The molecule has 0 aromatic rings. The Morgan fingerprint density at radius 2 is 2.58 bits per heavy atom. The average molecular weight is 177 g/mol. The van der Waals surface area contributed by atoms with E-state index in [0.29, 0.717) is 0 Å². The van der Waals surface area contributed by atoms with Gasteiger partial charge in [0.25, 0.3) is 0 Å². The molecule has 1 fully saturated rings. The molecular weight excluding hydrogens is 164 g/mol. The van der Waals surface area contributed by atoms with Crippen LogP contribution in [0, 0.1) is 16.0 Å². The van der Waals surface area contributed by atoms with Crippen molar-refractivity contribution in [3.05, 3.63) is 10.1 Å². The predicted molar refractivity (Wildman–Crippen MR) is 37.8 cm³/mol. The summed E-state index contributed by atoms with van der Waals surface area (Å²) in [5.74, 6) is -2.19. The number of carbonyl (C=O) groups is 1. The number of quaternary nitrogens is 1. The normalized spacial score (nSPS) is 33.1. The van der Waals surface area contributed by atoms with Gasteiger partial charge in [-0.05, 0) is 0 Å². The van der Waals surface area contributed by atoms with Gasteiger partial charge in [-0.2, -0.15) is 0 Å². The lowest BCUT2D eigenvalue weighted by molar-refractivity contribution is -0.499. The molecule has 0 aromatic heterocycles. The van der Waals surface area contributed by atoms with E-state index < -0.39 is 35.3 Å². The molecule has 0 saturated heterocycles. The zero-order chi connectivity index (χ0) is 11.1. The van der Waals surface area contributed by atoms with Crippen molar-refractivity contribution in [1.29, 1.82) is 0 Å². The number of carboxylic acid groups (broad SMARTS) is 1. The highest BCUT2D eigenvalue weighted by atomic mass is 16.6. The fourth-order valence-electron chi connectivity index (χ4n) is 0.923. The molecule has 6 nitrogen and oxygen atoms in total. The summed E-state index contributed by atoms with van der Waals surface area (Å²) in [7, 11) is 0. The Balaban J connectivity index is 2.68. The Kier molecular flexibility index (Phi) is 1.62. The Morgan fingerprint density at radius 1 is 2.00 bits per heavy atom. The second kappa shape index (κ2) is 3.06. The predicted octanol–water partition coefficient (Wildman–Crippen LogP) is -1.26. The summed E-state index contributed by atoms with van der Waals surface area (Å²) in [5, 5.41) is 18.8. The largest absolute Gasteiger partial charge is 0.477 e. The lowest BCUT2D eigenvalue weighted by atomic mass is 10.1. The number of aliphatic carboxylic acids is 1. The van der Waals surface area contributed by atoms with E-state index in [-0.39, 0.29) is 6.42 Å². The first-order valence-corrected chi connectivity index (χ1v) is 3.48. The van der Waals surface area contributed by atoms with E-state index in [1.807, 2.05) is 0 Å². The fraction of sp³-hybridized carbons (Fsp3) is 0.833. The smallest absolute Gasteiger partial charge is 0.362 e. The van der Waals surface area contributed by atoms with Gasteiger partial charge in [0.05, 0.1) is 0 Å². The van der Waals surface area contributed by atoms with Crippen LogP contribution in [0.3, 0.4) is 0 Å². The van der Waals surface area contributed by atoms with E-state index in [1.165, 1.54) is 0 Å². The third-order valence-electron chi connectivity index (χ3n) is 1.74. The van der Waals surface area contributed by atoms with Crippen LogP contribution in [0.1, 0.15) is 15.5 Å². The summed E-state index contributed by atoms with van der Waals surface area (Å²) in [4.78, 5) is 20.2. The van der Waals surface area contributed by atoms with Crippen LogP contribution in [0.5, 0.6) is 0 Å². The van der Waals surface area contributed by atoms with E-state index in [2.05, 4.69) is 5.73 Å². The number of nitrogens with zero attached hydrogens (tertiary/aromatic N) is 1. The van der Waals surface area contributed by atoms with Gasteiger partial charge in [-0.3, -0.25) is 10.1 Å². The molecule has 1 rings (SSSR count). The maximum absolute atomic E-state index is 10.5. The van der Waals surface area contributed by atoms with Gasteiger partial charge in [-0.15, -0.1) is 0 Å². The van der Waals surface area contributed by atoms with Gasteiger partial charge in [-0.1, -0.05) is 0 Å². The molecule has 68 valence electrons. The minimum absolute atomic E-state index is 0.0965. The molecule has 0 amide bonds. The van der Waals surface area contributed by atoms with Crippen LogP contribution < -0.4 is 5.73 Å². The topological polar surface area (TPSA) is 108 Å². The maximum Gasteiger partial charge on any atom is 0.362 e. The second-order valence-corrected chi connectivity index (χ2v) is 2.75. The number of hydrogen-bond acceptors (Lipinski definition) is 3. The van der Waals surface area contributed by atoms with Crippen LogP contribution in [0.25, 0.3) is 0 Å². The first-order chi connectivity index (χ1) is 6.28. The van der Waals surface area contributed by atoms with Gasteiger partial charge in [0.15, 0.2) is 6.04 Å². The van der Waals surface area contributed by atoms with Crippen LogP contribution in [-0.2, 0) is 4.79 Å². The minimum atomic E-state index is -2.11. The van der Waals surface area contributed by atoms with Crippen molar-refractivity contribution >= 4 is 5.97 Å². The van der Waals surface area contributed by atoms with Crippen LogP contribution in [-0.4, -0.2) is 28.1 Å². The third-order valence-corrected chi connectivity index (χ3v) is 1.74. The molecule has 1 aliphatic carbocycles. The molecule has 1 unspecified atom stereocenters. The van der Waals surface area contributed by atoms with Crippen molar-refractivity contribution < 1.29 is 23.3 Å². The minimum Gasteiger partial charge on any atom is -0.477 e. The summed E-state index contributed by atoms with van der Waals surface area (Å²) >= 11 is 0. The number of hydrogen-bond donors (Lipinski definition) is 2. The van der Waals surface area contributed by atoms with E-state index >= 15 is 0 Å². The maximum atomic E-state index is 10.5. The molecule has 3 atom stereocenters. The van der Waals surface area contributed by atoms with Gasteiger partial charge in [0.2, 0.25) is 6.04 Å². The highest BCUT2D eigenvalue weighted by molar-refractivity contribution is 5.71. The summed E-state index contributed by atoms with van der Waals surface area (Å²) in [6.07, 6.45) is -2.01. The first kappa shape index (κ1) is 6.36. The zero-order valence-corrected chi connectivity index (χ0v) is 6.27. The van der Waals surface area contributed by atoms with Gasteiger partial charge in [-0.25, -0.2) is 4.79 Å². The molecule has 0 aromatic carbocycles. The van der Waals surface area contributed by atoms with Crippen molar-refractivity contribution in [1.82, 2.24) is 0 Å². The Morgan fingerprint density at radius 3 is 2.92 bits per heavy atom. The standard InChI is InChI=1S/C6H10N2O4/c7-4(6(9)10)1-3-2-5(3)8(11)12/h3-5H,1-2,7H2,(H,9,10)/p+1/t3-,4?,5-/m1/s1/i1D2. The molecule has 12 heavy (non-hydrogen) atoms. The fourth-order valence-corrected chi connectivity index (χ4v) is 0.923. The van der Waals surface area contributed by atoms with Crippen LogP contribution in [0.2, 0.25) is 0 Å². The molecule has 4 N–H and O–H groups in total. The summed E-state index contributed by atoms with van der Waals surface area (Å²) in [5.41, 5.74) is 3.17. The number of rotatable bonds is 4. The Labute approximate surface area is 71.3 Å². The Bertz CT molecular complexity index is 283. The monoisotopic (exact) mass is 177 g/mol. The van der Waals surface area contributed by atoms with E-state index in [9.17, 15) is 14.9 Å². The average Bonchev–Trinajstić information content (AvgIpc) is 2.81. The van der Waals surface area contributed by atoms with E-state index in [1.54, 1.807) is 0 Å². The number of carboxylic acids is 1.